The van der Waals surface area contributed by atoms with Crippen LogP contribution in [0.25, 0.3) is 0 Å². The molecular formula is C12H21F3N2O. The number of amides is 1. The van der Waals surface area contributed by atoms with Gasteiger partial charge in [-0.3, -0.25) is 4.79 Å². The Morgan fingerprint density at radius 1 is 1.33 bits per heavy atom. The highest BCUT2D eigenvalue weighted by atomic mass is 19.4. The van der Waals surface area contributed by atoms with Gasteiger partial charge >= 0.3 is 6.18 Å². The molecule has 2 unspecified atom stereocenters. The lowest BCUT2D eigenvalue weighted by molar-refractivity contribution is -0.137. The summed E-state index contributed by atoms with van der Waals surface area (Å²) in [5, 5.41) is 4.77. The second-order valence-corrected chi connectivity index (χ2v) is 5.16. The molecule has 3 nitrogen and oxygen atoms in total. The standard InChI is InChI=1S/C12H21F3N2O/c1-9-3-2-4-10(5-9)6-16-7-11(18)17-8-12(13,14)15/h9-10,16H,2-8H2,1H3,(H,17,18). The van der Waals surface area contributed by atoms with E-state index in [2.05, 4.69) is 12.2 Å². The SMILES string of the molecule is CC1CCCC(CNCC(=O)NCC(F)(F)F)C1. The maximum atomic E-state index is 11.8. The number of hydrogen-bond acceptors (Lipinski definition) is 2. The predicted octanol–water partition coefficient (Wildman–Crippen LogP) is 2.08. The third kappa shape index (κ3) is 6.83. The summed E-state index contributed by atoms with van der Waals surface area (Å²) in [7, 11) is 0. The molecule has 1 fully saturated rings. The molecule has 2 atom stereocenters. The fourth-order valence-corrected chi connectivity index (χ4v) is 2.40. The highest BCUT2D eigenvalue weighted by Gasteiger charge is 2.27. The van der Waals surface area contributed by atoms with E-state index in [0.717, 1.165) is 12.8 Å². The van der Waals surface area contributed by atoms with Crippen LogP contribution in [0.2, 0.25) is 0 Å². The van der Waals surface area contributed by atoms with E-state index in [1.165, 1.54) is 12.8 Å². The first-order valence-corrected chi connectivity index (χ1v) is 6.41. The summed E-state index contributed by atoms with van der Waals surface area (Å²) in [6.45, 7) is 1.63. The molecule has 1 amide bonds. The molecule has 106 valence electrons. The van der Waals surface area contributed by atoms with Gasteiger partial charge in [0.15, 0.2) is 0 Å². The van der Waals surface area contributed by atoms with Crippen molar-refractivity contribution < 1.29 is 18.0 Å². The van der Waals surface area contributed by atoms with Crippen LogP contribution in [0.1, 0.15) is 32.6 Å². The second kappa shape index (κ2) is 6.97. The van der Waals surface area contributed by atoms with E-state index in [0.29, 0.717) is 18.4 Å². The number of hydrogen-bond donors (Lipinski definition) is 2. The molecule has 0 radical (unpaired) electrons. The minimum atomic E-state index is -4.34. The Balaban J connectivity index is 2.08. The average molecular weight is 266 g/mol. The molecule has 6 heteroatoms. The van der Waals surface area contributed by atoms with E-state index >= 15 is 0 Å². The number of carbonyl (C=O) groups is 1. The summed E-state index contributed by atoms with van der Waals surface area (Å²) in [5.41, 5.74) is 0. The monoisotopic (exact) mass is 266 g/mol. The fourth-order valence-electron chi connectivity index (χ4n) is 2.40. The van der Waals surface area contributed by atoms with Crippen LogP contribution in [0, 0.1) is 11.8 Å². The number of halogens is 3. The van der Waals surface area contributed by atoms with Gasteiger partial charge < -0.3 is 10.6 Å². The van der Waals surface area contributed by atoms with Crippen LogP contribution >= 0.6 is 0 Å². The first kappa shape index (κ1) is 15.3. The van der Waals surface area contributed by atoms with Crippen molar-refractivity contribution in [3.8, 4) is 0 Å². The molecule has 0 aromatic heterocycles. The van der Waals surface area contributed by atoms with E-state index < -0.39 is 18.6 Å². The predicted molar refractivity (Wildman–Crippen MR) is 63.1 cm³/mol. The summed E-state index contributed by atoms with van der Waals surface area (Å²) >= 11 is 0. The maximum Gasteiger partial charge on any atom is 0.405 e. The third-order valence-corrected chi connectivity index (χ3v) is 3.25. The lowest BCUT2D eigenvalue weighted by atomic mass is 9.82. The Kier molecular flexibility index (Phi) is 5.91. The molecule has 1 saturated carbocycles. The molecule has 0 spiro atoms. The summed E-state index contributed by atoms with van der Waals surface area (Å²) < 4.78 is 35.5. The van der Waals surface area contributed by atoms with Crippen molar-refractivity contribution in [2.24, 2.45) is 11.8 Å². The summed E-state index contributed by atoms with van der Waals surface area (Å²) in [6.07, 6.45) is 0.392. The molecule has 2 N–H and O–H groups in total. The highest BCUT2D eigenvalue weighted by Crippen LogP contribution is 2.27. The summed E-state index contributed by atoms with van der Waals surface area (Å²) in [6, 6.07) is 0. The molecule has 0 aliphatic heterocycles. The quantitative estimate of drug-likeness (QED) is 0.800. The molecule has 0 saturated heterocycles. The van der Waals surface area contributed by atoms with E-state index in [4.69, 9.17) is 0 Å². The summed E-state index contributed by atoms with van der Waals surface area (Å²) in [4.78, 5) is 11.1. The number of rotatable bonds is 5. The van der Waals surface area contributed by atoms with Gasteiger partial charge in [-0.05, 0) is 31.2 Å². The first-order valence-electron chi connectivity index (χ1n) is 6.41. The average Bonchev–Trinajstić information content (AvgIpc) is 2.25. The number of nitrogens with one attached hydrogen (secondary N) is 2. The molecule has 0 bridgehead atoms. The van der Waals surface area contributed by atoms with Crippen LogP contribution in [0.5, 0.6) is 0 Å². The van der Waals surface area contributed by atoms with E-state index in [1.807, 2.05) is 5.32 Å². The Bertz CT molecular complexity index is 269. The zero-order chi connectivity index (χ0) is 13.6. The molecule has 18 heavy (non-hydrogen) atoms. The van der Waals surface area contributed by atoms with Crippen molar-refractivity contribution in [3.05, 3.63) is 0 Å². The van der Waals surface area contributed by atoms with Crippen molar-refractivity contribution >= 4 is 5.91 Å². The topological polar surface area (TPSA) is 41.1 Å². The molecule has 0 heterocycles. The Hall–Kier alpha value is -0.780. The van der Waals surface area contributed by atoms with Gasteiger partial charge in [-0.1, -0.05) is 19.8 Å². The minimum Gasteiger partial charge on any atom is -0.346 e. The largest absolute Gasteiger partial charge is 0.405 e. The van der Waals surface area contributed by atoms with Crippen molar-refractivity contribution in [3.63, 3.8) is 0 Å². The van der Waals surface area contributed by atoms with Crippen molar-refractivity contribution in [1.82, 2.24) is 10.6 Å². The lowest BCUT2D eigenvalue weighted by Crippen LogP contribution is -2.40. The van der Waals surface area contributed by atoms with Crippen LogP contribution in [0.15, 0.2) is 0 Å². The molecule has 0 aromatic rings. The summed E-state index contributed by atoms with van der Waals surface area (Å²) in [5.74, 6) is 0.657. The molecule has 1 aliphatic carbocycles. The highest BCUT2D eigenvalue weighted by molar-refractivity contribution is 5.77. The van der Waals surface area contributed by atoms with Gasteiger partial charge in [0.05, 0.1) is 6.54 Å². The lowest BCUT2D eigenvalue weighted by Gasteiger charge is -2.26. The van der Waals surface area contributed by atoms with Gasteiger partial charge in [0.2, 0.25) is 5.91 Å². The molecular weight excluding hydrogens is 245 g/mol. The van der Waals surface area contributed by atoms with Gasteiger partial charge in [-0.2, -0.15) is 13.2 Å². The smallest absolute Gasteiger partial charge is 0.346 e. The Morgan fingerprint density at radius 2 is 2.06 bits per heavy atom. The van der Waals surface area contributed by atoms with E-state index in [-0.39, 0.29) is 6.54 Å². The third-order valence-electron chi connectivity index (χ3n) is 3.25. The van der Waals surface area contributed by atoms with Gasteiger partial charge in [0.25, 0.3) is 0 Å². The van der Waals surface area contributed by atoms with Crippen molar-refractivity contribution in [1.29, 1.82) is 0 Å². The first-order chi connectivity index (χ1) is 8.37. The van der Waals surface area contributed by atoms with Crippen LogP contribution in [0.4, 0.5) is 13.2 Å². The van der Waals surface area contributed by atoms with Gasteiger partial charge in [0.1, 0.15) is 6.54 Å². The van der Waals surface area contributed by atoms with Crippen LogP contribution in [-0.4, -0.2) is 31.7 Å². The van der Waals surface area contributed by atoms with E-state index in [9.17, 15) is 18.0 Å². The molecule has 1 aliphatic rings. The zero-order valence-corrected chi connectivity index (χ0v) is 10.6. The van der Waals surface area contributed by atoms with Gasteiger partial charge in [-0.25, -0.2) is 0 Å². The van der Waals surface area contributed by atoms with Crippen LogP contribution < -0.4 is 10.6 Å². The normalized spacial score (nSPS) is 24.9. The van der Waals surface area contributed by atoms with Crippen molar-refractivity contribution in [2.75, 3.05) is 19.6 Å². The maximum absolute atomic E-state index is 11.8. The Labute approximate surface area is 106 Å². The van der Waals surface area contributed by atoms with Crippen LogP contribution in [-0.2, 0) is 4.79 Å². The van der Waals surface area contributed by atoms with Gasteiger partial charge in [0, 0.05) is 0 Å². The number of carbonyl (C=O) groups excluding carboxylic acids is 1. The molecule has 0 aromatic carbocycles. The van der Waals surface area contributed by atoms with Crippen molar-refractivity contribution in [2.45, 2.75) is 38.8 Å². The van der Waals surface area contributed by atoms with E-state index in [1.54, 1.807) is 0 Å². The number of alkyl halides is 3. The van der Waals surface area contributed by atoms with Crippen LogP contribution in [0.3, 0.4) is 0 Å². The Morgan fingerprint density at radius 3 is 2.67 bits per heavy atom. The zero-order valence-electron chi connectivity index (χ0n) is 10.6. The molecule has 1 rings (SSSR count). The second-order valence-electron chi connectivity index (χ2n) is 5.16. The fraction of sp³-hybridized carbons (Fsp3) is 0.917. The van der Waals surface area contributed by atoms with Gasteiger partial charge in [-0.15, -0.1) is 0 Å². The minimum absolute atomic E-state index is 0.0407.